The van der Waals surface area contributed by atoms with Crippen molar-refractivity contribution in [1.29, 1.82) is 0 Å². The minimum Gasteiger partial charge on any atom is -0.469 e. The third kappa shape index (κ3) is 2.72. The Bertz CT molecular complexity index is 412. The largest absolute Gasteiger partial charge is 0.469 e. The van der Waals surface area contributed by atoms with Gasteiger partial charge in [-0.3, -0.25) is 4.79 Å². The zero-order valence-electron chi connectivity index (χ0n) is 8.14. The highest BCUT2D eigenvalue weighted by Gasteiger charge is 2.22. The van der Waals surface area contributed by atoms with E-state index in [1.165, 1.54) is 0 Å². The van der Waals surface area contributed by atoms with Crippen molar-refractivity contribution in [2.45, 2.75) is 12.8 Å². The molecule has 0 atom stereocenters. The second-order valence-electron chi connectivity index (χ2n) is 2.86. The molecule has 0 N–H and O–H groups in total. The van der Waals surface area contributed by atoms with E-state index < -0.39 is 30.2 Å². The smallest absolute Gasteiger partial charge is 0.310 e. The summed E-state index contributed by atoms with van der Waals surface area (Å²) in [5.74, 6) is -1.86. The predicted octanol–water partition coefficient (Wildman–Crippen LogP) is 2.64. The molecule has 0 bridgehead atoms. The number of halogens is 4. The lowest BCUT2D eigenvalue weighted by Gasteiger charge is -2.08. The molecule has 0 radical (unpaired) electrons. The zero-order chi connectivity index (χ0) is 12.3. The van der Waals surface area contributed by atoms with E-state index in [9.17, 15) is 18.0 Å². The fourth-order valence-corrected chi connectivity index (χ4v) is 1.51. The molecule has 0 aliphatic heterocycles. The highest BCUT2D eigenvalue weighted by molar-refractivity contribution is 9.10. The van der Waals surface area contributed by atoms with Crippen molar-refractivity contribution in [2.75, 3.05) is 7.11 Å². The van der Waals surface area contributed by atoms with Crippen LogP contribution >= 0.6 is 15.9 Å². The molecule has 0 aromatic carbocycles. The van der Waals surface area contributed by atoms with Crippen LogP contribution in [-0.4, -0.2) is 18.1 Å². The maximum atomic E-state index is 13.5. The Morgan fingerprint density at radius 1 is 1.62 bits per heavy atom. The van der Waals surface area contributed by atoms with Crippen molar-refractivity contribution in [3.05, 3.63) is 27.7 Å². The SMILES string of the molecule is COC(=O)Cc1cnc(Br)c(C(F)F)c1F. The minimum absolute atomic E-state index is 0.217. The highest BCUT2D eigenvalue weighted by atomic mass is 79.9. The fourth-order valence-electron chi connectivity index (χ4n) is 1.06. The molecule has 0 fully saturated rings. The predicted molar refractivity (Wildman–Crippen MR) is 52.6 cm³/mol. The van der Waals surface area contributed by atoms with E-state index in [1.54, 1.807) is 0 Å². The van der Waals surface area contributed by atoms with Gasteiger partial charge >= 0.3 is 5.97 Å². The van der Waals surface area contributed by atoms with E-state index in [0.717, 1.165) is 13.3 Å². The summed E-state index contributed by atoms with van der Waals surface area (Å²) in [7, 11) is 1.13. The van der Waals surface area contributed by atoms with Gasteiger partial charge in [0.15, 0.2) is 0 Å². The maximum Gasteiger partial charge on any atom is 0.310 e. The Balaban J connectivity index is 3.13. The van der Waals surface area contributed by atoms with E-state index in [2.05, 4.69) is 25.7 Å². The van der Waals surface area contributed by atoms with Gasteiger partial charge in [-0.15, -0.1) is 0 Å². The second-order valence-corrected chi connectivity index (χ2v) is 3.61. The average Bonchev–Trinajstić information content (AvgIpc) is 2.21. The normalized spacial score (nSPS) is 10.6. The number of aromatic nitrogens is 1. The Hall–Kier alpha value is -1.11. The molecule has 1 aromatic rings. The Morgan fingerprint density at radius 2 is 2.25 bits per heavy atom. The Morgan fingerprint density at radius 3 is 2.75 bits per heavy atom. The molecular weight excluding hydrogens is 291 g/mol. The van der Waals surface area contributed by atoms with Crippen LogP contribution < -0.4 is 0 Å². The van der Waals surface area contributed by atoms with Crippen molar-refractivity contribution < 1.29 is 22.7 Å². The first-order valence-corrected chi connectivity index (χ1v) is 4.94. The number of esters is 1. The number of nitrogens with zero attached hydrogens (tertiary/aromatic N) is 1. The number of carbonyl (C=O) groups excluding carboxylic acids is 1. The summed E-state index contributed by atoms with van der Waals surface area (Å²) < 4.78 is 42.5. The maximum absolute atomic E-state index is 13.5. The summed E-state index contributed by atoms with van der Waals surface area (Å²) in [5.41, 5.74) is -1.06. The second kappa shape index (κ2) is 5.29. The average molecular weight is 298 g/mol. The van der Waals surface area contributed by atoms with Gasteiger partial charge in [0.1, 0.15) is 10.4 Å². The van der Waals surface area contributed by atoms with Gasteiger partial charge in [0.05, 0.1) is 19.1 Å². The zero-order valence-corrected chi connectivity index (χ0v) is 9.72. The summed E-state index contributed by atoms with van der Waals surface area (Å²) >= 11 is 2.72. The van der Waals surface area contributed by atoms with Gasteiger partial charge in [-0.25, -0.2) is 18.2 Å². The van der Waals surface area contributed by atoms with Gasteiger partial charge < -0.3 is 4.74 Å². The molecule has 0 unspecified atom stereocenters. The molecule has 0 aliphatic carbocycles. The van der Waals surface area contributed by atoms with E-state index in [4.69, 9.17) is 0 Å². The third-order valence-corrected chi connectivity index (χ3v) is 2.49. The summed E-state index contributed by atoms with van der Waals surface area (Å²) in [6.07, 6.45) is -2.41. The molecule has 0 spiro atoms. The quantitative estimate of drug-likeness (QED) is 0.636. The third-order valence-electron chi connectivity index (χ3n) is 1.86. The Kier molecular flexibility index (Phi) is 4.28. The number of rotatable bonds is 3. The van der Waals surface area contributed by atoms with Crippen LogP contribution in [0.5, 0.6) is 0 Å². The van der Waals surface area contributed by atoms with Gasteiger partial charge in [0, 0.05) is 11.8 Å². The lowest BCUT2D eigenvalue weighted by atomic mass is 10.1. The molecule has 1 heterocycles. The molecule has 3 nitrogen and oxygen atoms in total. The topological polar surface area (TPSA) is 39.2 Å². The van der Waals surface area contributed by atoms with Crippen LogP contribution in [-0.2, 0) is 16.0 Å². The molecule has 16 heavy (non-hydrogen) atoms. The van der Waals surface area contributed by atoms with Gasteiger partial charge in [-0.05, 0) is 15.9 Å². The van der Waals surface area contributed by atoms with E-state index in [0.29, 0.717) is 0 Å². The van der Waals surface area contributed by atoms with Gasteiger partial charge in [-0.2, -0.15) is 0 Å². The standard InChI is InChI=1S/C9H7BrF3NO2/c1-16-5(15)2-4-3-14-8(10)6(7(4)11)9(12)13/h3,9H,2H2,1H3. The fraction of sp³-hybridized carbons (Fsp3) is 0.333. The van der Waals surface area contributed by atoms with Crippen LogP contribution in [0.4, 0.5) is 13.2 Å². The van der Waals surface area contributed by atoms with Crippen molar-refractivity contribution in [2.24, 2.45) is 0 Å². The Labute approximate surface area is 97.8 Å². The van der Waals surface area contributed by atoms with Crippen LogP contribution in [0.25, 0.3) is 0 Å². The first-order valence-electron chi connectivity index (χ1n) is 4.15. The van der Waals surface area contributed by atoms with Crippen LogP contribution in [0.15, 0.2) is 10.8 Å². The van der Waals surface area contributed by atoms with Crippen molar-refractivity contribution in [3.63, 3.8) is 0 Å². The number of pyridine rings is 1. The monoisotopic (exact) mass is 297 g/mol. The molecule has 1 rings (SSSR count). The number of ether oxygens (including phenoxy) is 1. The molecule has 0 saturated heterocycles. The molecule has 0 amide bonds. The van der Waals surface area contributed by atoms with Gasteiger partial charge in [0.2, 0.25) is 0 Å². The first-order chi connectivity index (χ1) is 7.47. The first kappa shape index (κ1) is 13.0. The van der Waals surface area contributed by atoms with E-state index in [-0.39, 0.29) is 10.2 Å². The number of methoxy groups -OCH3 is 1. The molecule has 1 aromatic heterocycles. The van der Waals surface area contributed by atoms with Crippen LogP contribution in [0.2, 0.25) is 0 Å². The molecule has 0 saturated carbocycles. The van der Waals surface area contributed by atoms with E-state index >= 15 is 0 Å². The molecule has 88 valence electrons. The van der Waals surface area contributed by atoms with Crippen molar-refractivity contribution >= 4 is 21.9 Å². The van der Waals surface area contributed by atoms with Crippen molar-refractivity contribution in [3.8, 4) is 0 Å². The minimum atomic E-state index is -3.00. The number of carbonyl (C=O) groups is 1. The van der Waals surface area contributed by atoms with Crippen LogP contribution in [0.3, 0.4) is 0 Å². The number of hydrogen-bond donors (Lipinski definition) is 0. The summed E-state index contributed by atoms with van der Waals surface area (Å²) in [5, 5.41) is 0. The summed E-state index contributed by atoms with van der Waals surface area (Å²) in [6.45, 7) is 0. The van der Waals surface area contributed by atoms with Gasteiger partial charge in [-0.1, -0.05) is 0 Å². The van der Waals surface area contributed by atoms with Crippen LogP contribution in [0.1, 0.15) is 17.6 Å². The number of hydrogen-bond acceptors (Lipinski definition) is 3. The lowest BCUT2D eigenvalue weighted by molar-refractivity contribution is -0.139. The van der Waals surface area contributed by atoms with Crippen LogP contribution in [0, 0.1) is 5.82 Å². The summed E-state index contributed by atoms with van der Waals surface area (Å²) in [4.78, 5) is 14.4. The molecule has 7 heteroatoms. The molecule has 0 aliphatic rings. The van der Waals surface area contributed by atoms with Crippen molar-refractivity contribution in [1.82, 2.24) is 4.98 Å². The van der Waals surface area contributed by atoms with Gasteiger partial charge in [0.25, 0.3) is 6.43 Å². The number of alkyl halides is 2. The van der Waals surface area contributed by atoms with E-state index in [1.807, 2.05) is 0 Å². The lowest BCUT2D eigenvalue weighted by Crippen LogP contribution is -2.09. The molecular formula is C9H7BrF3NO2. The highest BCUT2D eigenvalue weighted by Crippen LogP contribution is 2.29. The summed E-state index contributed by atoms with van der Waals surface area (Å²) in [6, 6.07) is 0.